The van der Waals surface area contributed by atoms with Gasteiger partial charge in [-0.1, -0.05) is 25.4 Å². The molecule has 0 radical (unpaired) electrons. The molecule has 0 amide bonds. The normalized spacial score (nSPS) is 12.6. The van der Waals surface area contributed by atoms with Gasteiger partial charge in [0, 0.05) is 18.8 Å². The molecule has 18 heavy (non-hydrogen) atoms. The highest BCUT2D eigenvalue weighted by Gasteiger charge is 2.14. The summed E-state index contributed by atoms with van der Waals surface area (Å²) < 4.78 is 0. The molecule has 0 saturated heterocycles. The van der Waals surface area contributed by atoms with E-state index < -0.39 is 5.97 Å². The molecule has 4 heteroatoms. The smallest absolute Gasteiger partial charge is 0.337 e. The number of hydrogen-bond acceptors (Lipinski definition) is 2. The Hall–Kier alpha value is -1.22. The number of benzene rings is 1. The van der Waals surface area contributed by atoms with Gasteiger partial charge in [-0.15, -0.1) is 0 Å². The van der Waals surface area contributed by atoms with E-state index in [0.717, 1.165) is 12.1 Å². The van der Waals surface area contributed by atoms with Gasteiger partial charge in [-0.25, -0.2) is 4.79 Å². The number of anilines is 1. The summed E-state index contributed by atoms with van der Waals surface area (Å²) in [5, 5.41) is 9.21. The van der Waals surface area contributed by atoms with Gasteiger partial charge in [0.25, 0.3) is 0 Å². The van der Waals surface area contributed by atoms with Gasteiger partial charge in [0.05, 0.1) is 10.6 Å². The zero-order valence-corrected chi connectivity index (χ0v) is 12.0. The molecule has 0 aliphatic rings. The molecule has 0 bridgehead atoms. The van der Waals surface area contributed by atoms with E-state index in [1.54, 1.807) is 18.2 Å². The van der Waals surface area contributed by atoms with E-state index in [1.807, 2.05) is 7.05 Å². The molecule has 0 fully saturated rings. The molecule has 0 saturated carbocycles. The molecule has 100 valence electrons. The van der Waals surface area contributed by atoms with Gasteiger partial charge < -0.3 is 10.0 Å². The zero-order chi connectivity index (χ0) is 13.9. The molecule has 1 atom stereocenters. The fourth-order valence-corrected chi connectivity index (χ4v) is 2.25. The highest BCUT2D eigenvalue weighted by molar-refractivity contribution is 6.33. The van der Waals surface area contributed by atoms with Gasteiger partial charge in [0.2, 0.25) is 0 Å². The number of halogens is 1. The molecule has 1 rings (SSSR count). The number of hydrogen-bond donors (Lipinski definition) is 1. The second kappa shape index (κ2) is 6.10. The van der Waals surface area contributed by atoms with Crippen LogP contribution in [-0.2, 0) is 0 Å². The maximum absolute atomic E-state index is 10.9. The predicted molar refractivity (Wildman–Crippen MR) is 75.7 cm³/mol. The van der Waals surface area contributed by atoms with Crippen LogP contribution in [0.4, 0.5) is 5.69 Å². The quantitative estimate of drug-likeness (QED) is 0.881. The Bertz CT molecular complexity index is 432. The predicted octanol–water partition coefficient (Wildman–Crippen LogP) is 3.91. The molecule has 1 unspecified atom stereocenters. The Kier molecular flexibility index (Phi) is 5.03. The van der Waals surface area contributed by atoms with Crippen molar-refractivity contribution < 1.29 is 9.90 Å². The first-order valence-electron chi connectivity index (χ1n) is 6.08. The van der Waals surface area contributed by atoms with Gasteiger partial charge in [-0.3, -0.25) is 0 Å². The maximum Gasteiger partial charge on any atom is 0.337 e. The number of nitrogens with zero attached hydrogens (tertiary/aromatic N) is 1. The summed E-state index contributed by atoms with van der Waals surface area (Å²) in [6.07, 6.45) is 1.08. The van der Waals surface area contributed by atoms with Crippen LogP contribution in [-0.4, -0.2) is 24.2 Å². The Morgan fingerprint density at radius 3 is 2.44 bits per heavy atom. The van der Waals surface area contributed by atoms with Crippen molar-refractivity contribution in [1.29, 1.82) is 0 Å². The number of aromatic carboxylic acids is 1. The summed E-state index contributed by atoms with van der Waals surface area (Å²) in [6, 6.07) is 5.45. The van der Waals surface area contributed by atoms with Gasteiger partial charge in [-0.2, -0.15) is 0 Å². The van der Waals surface area contributed by atoms with Crippen molar-refractivity contribution in [3.8, 4) is 0 Å². The minimum absolute atomic E-state index is 0.144. The number of carbonyl (C=O) groups is 1. The Labute approximate surface area is 113 Å². The lowest BCUT2D eigenvalue weighted by molar-refractivity contribution is 0.0697. The van der Waals surface area contributed by atoms with Crippen LogP contribution in [0.2, 0.25) is 5.02 Å². The summed E-state index contributed by atoms with van der Waals surface area (Å²) >= 11 is 5.97. The van der Waals surface area contributed by atoms with Crippen LogP contribution in [0.5, 0.6) is 0 Å². The molecular formula is C14H20ClNO2. The lowest BCUT2D eigenvalue weighted by Crippen LogP contribution is -2.30. The standard InChI is InChI=1S/C14H20ClNO2/c1-9(2)7-10(3)16(4)11-5-6-12(14(17)18)13(15)8-11/h5-6,8-10H,7H2,1-4H3,(H,17,18). The first-order valence-corrected chi connectivity index (χ1v) is 6.46. The third kappa shape index (κ3) is 3.64. The van der Waals surface area contributed by atoms with Crippen LogP contribution < -0.4 is 4.90 Å². The highest BCUT2D eigenvalue weighted by atomic mass is 35.5. The van der Waals surface area contributed by atoms with Crippen LogP contribution in [0.3, 0.4) is 0 Å². The summed E-state index contributed by atoms with van der Waals surface area (Å²) in [6.45, 7) is 6.52. The molecule has 1 N–H and O–H groups in total. The summed E-state index contributed by atoms with van der Waals surface area (Å²) in [7, 11) is 2.00. The number of carboxylic acid groups (broad SMARTS) is 1. The monoisotopic (exact) mass is 269 g/mol. The van der Waals surface area contributed by atoms with Crippen molar-refractivity contribution in [2.75, 3.05) is 11.9 Å². The topological polar surface area (TPSA) is 40.5 Å². The van der Waals surface area contributed by atoms with Crippen LogP contribution in [0, 0.1) is 5.92 Å². The molecule has 0 aromatic heterocycles. The fraction of sp³-hybridized carbons (Fsp3) is 0.500. The molecule has 3 nitrogen and oxygen atoms in total. The Balaban J connectivity index is 2.90. The lowest BCUT2D eigenvalue weighted by Gasteiger charge is -2.28. The molecule has 0 aliphatic heterocycles. The molecule has 0 spiro atoms. The minimum Gasteiger partial charge on any atom is -0.478 e. The van der Waals surface area contributed by atoms with Crippen molar-refractivity contribution in [2.45, 2.75) is 33.2 Å². The summed E-state index contributed by atoms with van der Waals surface area (Å²) in [4.78, 5) is 13.0. The summed E-state index contributed by atoms with van der Waals surface area (Å²) in [5.41, 5.74) is 1.09. The molecule has 1 aromatic rings. The van der Waals surface area contributed by atoms with E-state index in [4.69, 9.17) is 16.7 Å². The number of carboxylic acids is 1. The van der Waals surface area contributed by atoms with E-state index in [9.17, 15) is 4.79 Å². The average molecular weight is 270 g/mol. The van der Waals surface area contributed by atoms with Gasteiger partial charge in [0.15, 0.2) is 0 Å². The van der Waals surface area contributed by atoms with Crippen molar-refractivity contribution >= 4 is 23.3 Å². The first-order chi connectivity index (χ1) is 8.32. The molecular weight excluding hydrogens is 250 g/mol. The van der Waals surface area contributed by atoms with Crippen molar-refractivity contribution in [3.05, 3.63) is 28.8 Å². The van der Waals surface area contributed by atoms with E-state index in [-0.39, 0.29) is 10.6 Å². The zero-order valence-electron chi connectivity index (χ0n) is 11.3. The van der Waals surface area contributed by atoms with Crippen molar-refractivity contribution in [1.82, 2.24) is 0 Å². The van der Waals surface area contributed by atoms with Gasteiger partial charge in [-0.05, 0) is 37.5 Å². The third-order valence-corrected chi connectivity index (χ3v) is 3.38. The Morgan fingerprint density at radius 2 is 2.00 bits per heavy atom. The SMILES string of the molecule is CC(C)CC(C)N(C)c1ccc(C(=O)O)c(Cl)c1. The molecule has 1 aromatic carbocycles. The van der Waals surface area contributed by atoms with Crippen LogP contribution in [0.25, 0.3) is 0 Å². The van der Waals surface area contributed by atoms with Crippen LogP contribution in [0.15, 0.2) is 18.2 Å². The Morgan fingerprint density at radius 1 is 1.39 bits per heavy atom. The van der Waals surface area contributed by atoms with E-state index >= 15 is 0 Å². The van der Waals surface area contributed by atoms with Crippen molar-refractivity contribution in [2.24, 2.45) is 5.92 Å². The first kappa shape index (κ1) is 14.8. The molecule has 0 heterocycles. The molecule has 0 aliphatic carbocycles. The maximum atomic E-state index is 10.9. The van der Waals surface area contributed by atoms with Gasteiger partial charge >= 0.3 is 5.97 Å². The second-order valence-electron chi connectivity index (χ2n) is 5.06. The largest absolute Gasteiger partial charge is 0.478 e. The van der Waals surface area contributed by atoms with Crippen molar-refractivity contribution in [3.63, 3.8) is 0 Å². The highest BCUT2D eigenvalue weighted by Crippen LogP contribution is 2.25. The van der Waals surface area contributed by atoms with E-state index in [0.29, 0.717) is 12.0 Å². The van der Waals surface area contributed by atoms with E-state index in [1.165, 1.54) is 0 Å². The van der Waals surface area contributed by atoms with Crippen LogP contribution >= 0.6 is 11.6 Å². The lowest BCUT2D eigenvalue weighted by atomic mass is 10.0. The fourth-order valence-electron chi connectivity index (χ4n) is 1.99. The number of rotatable bonds is 5. The third-order valence-electron chi connectivity index (χ3n) is 3.06. The minimum atomic E-state index is -0.996. The summed E-state index contributed by atoms with van der Waals surface area (Å²) in [5.74, 6) is -0.374. The van der Waals surface area contributed by atoms with Crippen LogP contribution in [0.1, 0.15) is 37.6 Å². The second-order valence-corrected chi connectivity index (χ2v) is 5.47. The van der Waals surface area contributed by atoms with E-state index in [2.05, 4.69) is 25.7 Å². The van der Waals surface area contributed by atoms with Gasteiger partial charge in [0.1, 0.15) is 0 Å². The average Bonchev–Trinajstić information content (AvgIpc) is 2.26.